The summed E-state index contributed by atoms with van der Waals surface area (Å²) < 4.78 is 3.01. The van der Waals surface area contributed by atoms with E-state index in [1.165, 1.54) is 80.9 Å². The van der Waals surface area contributed by atoms with Crippen LogP contribution in [0.2, 0.25) is 24.2 Å². The van der Waals surface area contributed by atoms with Crippen LogP contribution in [0.5, 0.6) is 0 Å². The molecule has 1 unspecified atom stereocenters. The van der Waals surface area contributed by atoms with Gasteiger partial charge in [-0.2, -0.15) is 0 Å². The third-order valence-electron chi connectivity index (χ3n) is 6.09. The first kappa shape index (κ1) is 21.2. The molecule has 1 aliphatic rings. The fraction of sp³-hybridized carbons (Fsp3) is 0.714. The molecule has 1 nitrogen and oxygen atoms in total. The molecule has 0 N–H and O–H groups in total. The predicted molar refractivity (Wildman–Crippen MR) is 119 cm³/mol. The summed E-state index contributed by atoms with van der Waals surface area (Å²) in [5, 5.41) is 1.47. The first-order chi connectivity index (χ1) is 12.1. The highest BCUT2D eigenvalue weighted by Gasteiger charge is 2.53. The normalized spacial score (nSPS) is 21.8. The van der Waals surface area contributed by atoms with Crippen molar-refractivity contribution >= 4 is 32.0 Å². The summed E-state index contributed by atoms with van der Waals surface area (Å²) in [6, 6.07) is 16.8. The smallest absolute Gasteiger partial charge is 0.254 e. The van der Waals surface area contributed by atoms with E-state index in [4.69, 9.17) is 11.1 Å². The van der Waals surface area contributed by atoms with E-state index in [1.54, 1.807) is 0 Å². The standard InChI is InChI=1S/C21H38ClNSi2/c1-4-7-17-24(18-8-5-2,19-9-6-3)23-16-13-20-25(23,22)21-14-11-10-12-15-21/h10-12,14-15H,4-9,13,16-20H2,1-3H3. The van der Waals surface area contributed by atoms with Gasteiger partial charge in [-0.05, 0) is 42.3 Å². The van der Waals surface area contributed by atoms with E-state index in [0.717, 1.165) is 0 Å². The average molecular weight is 396 g/mol. The topological polar surface area (TPSA) is 3.24 Å². The van der Waals surface area contributed by atoms with Crippen molar-refractivity contribution in [2.45, 2.75) is 89.9 Å². The summed E-state index contributed by atoms with van der Waals surface area (Å²) in [4.78, 5) is 0. The van der Waals surface area contributed by atoms with Crippen LogP contribution in [0.1, 0.15) is 65.7 Å². The zero-order valence-electron chi connectivity index (χ0n) is 16.7. The molecule has 1 aliphatic heterocycles. The molecule has 1 saturated heterocycles. The highest BCUT2D eigenvalue weighted by molar-refractivity contribution is 7.29. The predicted octanol–water partition coefficient (Wildman–Crippen LogP) is 6.63. The van der Waals surface area contributed by atoms with Gasteiger partial charge in [0.2, 0.25) is 0 Å². The molecule has 0 aliphatic carbocycles. The molecule has 25 heavy (non-hydrogen) atoms. The molecule has 1 aromatic carbocycles. The van der Waals surface area contributed by atoms with Crippen LogP contribution in [0.4, 0.5) is 0 Å². The summed E-state index contributed by atoms with van der Waals surface area (Å²) in [7, 11) is -3.49. The Morgan fingerprint density at radius 1 is 0.920 bits per heavy atom. The molecular formula is C21H38ClNSi2. The van der Waals surface area contributed by atoms with E-state index >= 15 is 0 Å². The third kappa shape index (κ3) is 5.00. The van der Waals surface area contributed by atoms with Gasteiger partial charge in [-0.15, -0.1) is 11.1 Å². The molecule has 0 bridgehead atoms. The van der Waals surface area contributed by atoms with Gasteiger partial charge >= 0.3 is 0 Å². The lowest BCUT2D eigenvalue weighted by atomic mass is 10.4. The number of unbranched alkanes of at least 4 members (excludes halogenated alkanes) is 3. The van der Waals surface area contributed by atoms with Crippen molar-refractivity contribution in [2.24, 2.45) is 0 Å². The Balaban J connectivity index is 2.38. The van der Waals surface area contributed by atoms with E-state index in [2.05, 4.69) is 55.3 Å². The van der Waals surface area contributed by atoms with Gasteiger partial charge in [0.15, 0.2) is 0 Å². The average Bonchev–Trinajstić information content (AvgIpc) is 3.06. The van der Waals surface area contributed by atoms with E-state index in [-0.39, 0.29) is 0 Å². The largest absolute Gasteiger partial charge is 0.329 e. The lowest BCUT2D eigenvalue weighted by Gasteiger charge is -2.47. The minimum absolute atomic E-state index is 1.25. The van der Waals surface area contributed by atoms with Gasteiger partial charge in [-0.25, -0.2) is 0 Å². The molecule has 0 spiro atoms. The molecule has 2 rings (SSSR count). The van der Waals surface area contributed by atoms with Crippen LogP contribution < -0.4 is 5.19 Å². The Labute approximate surface area is 163 Å². The van der Waals surface area contributed by atoms with Crippen molar-refractivity contribution in [1.29, 1.82) is 0 Å². The van der Waals surface area contributed by atoms with Crippen LogP contribution in [0, 0.1) is 0 Å². The van der Waals surface area contributed by atoms with Crippen LogP contribution in [0.3, 0.4) is 0 Å². The molecule has 1 fully saturated rings. The Kier molecular flexibility index (Phi) is 8.73. The van der Waals surface area contributed by atoms with Crippen LogP contribution in [0.15, 0.2) is 30.3 Å². The fourth-order valence-electron chi connectivity index (χ4n) is 4.69. The van der Waals surface area contributed by atoms with E-state index < -0.39 is 15.8 Å². The van der Waals surface area contributed by atoms with E-state index in [1.807, 2.05) is 0 Å². The van der Waals surface area contributed by atoms with Crippen molar-refractivity contribution in [2.75, 3.05) is 6.54 Å². The summed E-state index contributed by atoms with van der Waals surface area (Å²) in [5.41, 5.74) is 0. The Morgan fingerprint density at radius 3 is 1.92 bits per heavy atom. The van der Waals surface area contributed by atoms with Crippen molar-refractivity contribution < 1.29 is 0 Å². The molecule has 1 heterocycles. The molecule has 4 heteroatoms. The van der Waals surface area contributed by atoms with Crippen molar-refractivity contribution in [1.82, 2.24) is 4.23 Å². The maximum absolute atomic E-state index is 7.58. The van der Waals surface area contributed by atoms with Gasteiger partial charge in [0.25, 0.3) is 7.55 Å². The number of nitrogens with zero attached hydrogens (tertiary/aromatic N) is 1. The Bertz CT molecular complexity index is 474. The highest BCUT2D eigenvalue weighted by Crippen LogP contribution is 2.41. The molecule has 1 aromatic rings. The zero-order chi connectivity index (χ0) is 18.2. The first-order valence-electron chi connectivity index (χ1n) is 10.6. The monoisotopic (exact) mass is 395 g/mol. The zero-order valence-corrected chi connectivity index (χ0v) is 19.5. The fourth-order valence-corrected chi connectivity index (χ4v) is 20.0. The molecular weight excluding hydrogens is 358 g/mol. The van der Waals surface area contributed by atoms with Crippen molar-refractivity contribution in [3.05, 3.63) is 30.3 Å². The van der Waals surface area contributed by atoms with Gasteiger partial charge < -0.3 is 4.23 Å². The number of hydrogen-bond donors (Lipinski definition) is 0. The minimum atomic E-state index is -2.01. The highest BCUT2D eigenvalue weighted by atomic mass is 35.6. The lowest BCUT2D eigenvalue weighted by molar-refractivity contribution is 0.615. The molecule has 0 aromatic heterocycles. The second kappa shape index (κ2) is 10.3. The van der Waals surface area contributed by atoms with Crippen molar-refractivity contribution in [3.8, 4) is 0 Å². The van der Waals surface area contributed by atoms with Crippen molar-refractivity contribution in [3.63, 3.8) is 0 Å². The second-order valence-corrected chi connectivity index (χ2v) is 17.9. The van der Waals surface area contributed by atoms with Gasteiger partial charge in [0, 0.05) is 0 Å². The van der Waals surface area contributed by atoms with Crippen LogP contribution in [0.25, 0.3) is 0 Å². The Hall–Kier alpha value is -0.0962. The second-order valence-electron chi connectivity index (χ2n) is 7.92. The minimum Gasteiger partial charge on any atom is -0.329 e. The van der Waals surface area contributed by atoms with E-state index in [9.17, 15) is 0 Å². The maximum atomic E-state index is 7.58. The molecule has 0 amide bonds. The van der Waals surface area contributed by atoms with Crippen LogP contribution >= 0.6 is 11.1 Å². The SMILES string of the molecule is CCCC[Si](CCCC)(CCCC)N1CCC[Si]1(Cl)c1ccccc1. The number of hydrogen-bond acceptors (Lipinski definition) is 1. The Morgan fingerprint density at radius 2 is 1.44 bits per heavy atom. The molecule has 1 atom stereocenters. The van der Waals surface area contributed by atoms with Gasteiger partial charge in [0.05, 0.1) is 0 Å². The summed E-state index contributed by atoms with van der Waals surface area (Å²) >= 11 is 7.58. The van der Waals surface area contributed by atoms with Crippen LogP contribution in [-0.4, -0.2) is 26.6 Å². The number of benzene rings is 1. The van der Waals surface area contributed by atoms with Gasteiger partial charge in [0.1, 0.15) is 8.24 Å². The first-order valence-corrected chi connectivity index (χ1v) is 16.4. The number of halogens is 1. The summed E-state index contributed by atoms with van der Waals surface area (Å²) in [6.07, 6.45) is 9.46. The van der Waals surface area contributed by atoms with E-state index in [0.29, 0.717) is 0 Å². The molecule has 0 saturated carbocycles. The number of rotatable bonds is 11. The quantitative estimate of drug-likeness (QED) is 0.300. The third-order valence-corrected chi connectivity index (χ3v) is 19.5. The molecule has 0 radical (unpaired) electrons. The van der Waals surface area contributed by atoms with Gasteiger partial charge in [-0.3, -0.25) is 0 Å². The summed E-state index contributed by atoms with van der Waals surface area (Å²) in [5.74, 6) is 0. The maximum Gasteiger partial charge on any atom is 0.254 e. The van der Waals surface area contributed by atoms with Gasteiger partial charge in [-0.1, -0.05) is 89.6 Å². The summed E-state index contributed by atoms with van der Waals surface area (Å²) in [6.45, 7) is 8.33. The van der Waals surface area contributed by atoms with Crippen LogP contribution in [-0.2, 0) is 0 Å². The lowest BCUT2D eigenvalue weighted by Crippen LogP contribution is -2.66. The molecule has 142 valence electrons.